The lowest BCUT2D eigenvalue weighted by atomic mass is 10.2. The molecule has 0 aliphatic heterocycles. The van der Waals surface area contributed by atoms with Crippen LogP contribution in [0.4, 0.5) is 5.69 Å². The number of nitrogens with zero attached hydrogens (tertiary/aromatic N) is 1. The number of para-hydroxylation sites is 1. The maximum Gasteiger partial charge on any atom is 0.265 e. The number of hydrogen-bond donors (Lipinski definition) is 2. The van der Waals surface area contributed by atoms with E-state index in [1.165, 1.54) is 22.2 Å². The summed E-state index contributed by atoms with van der Waals surface area (Å²) in [5.74, 6) is -0.314. The van der Waals surface area contributed by atoms with Crippen molar-refractivity contribution in [2.75, 3.05) is 11.9 Å². The molecule has 0 unspecified atom stereocenters. The van der Waals surface area contributed by atoms with Gasteiger partial charge < -0.3 is 15.2 Å². The SMILES string of the molecule is O=C(NCCCn1ccc2ccccc21)c1cccc(NC(=O)c2cccs2)c1. The van der Waals surface area contributed by atoms with Crippen LogP contribution >= 0.6 is 11.3 Å². The molecule has 2 N–H and O–H groups in total. The van der Waals surface area contributed by atoms with Crippen molar-refractivity contribution in [2.24, 2.45) is 0 Å². The Morgan fingerprint density at radius 2 is 1.83 bits per heavy atom. The molecule has 2 amide bonds. The Morgan fingerprint density at radius 1 is 0.931 bits per heavy atom. The molecule has 2 heterocycles. The van der Waals surface area contributed by atoms with E-state index in [2.05, 4.69) is 39.6 Å². The average Bonchev–Trinajstić information content (AvgIpc) is 3.42. The van der Waals surface area contributed by atoms with Crippen molar-refractivity contribution in [3.8, 4) is 0 Å². The molecule has 5 nitrogen and oxygen atoms in total. The number of benzene rings is 2. The zero-order valence-electron chi connectivity index (χ0n) is 15.8. The normalized spacial score (nSPS) is 10.8. The third-order valence-electron chi connectivity index (χ3n) is 4.67. The van der Waals surface area contributed by atoms with Gasteiger partial charge in [0.25, 0.3) is 11.8 Å². The Balaban J connectivity index is 1.30. The minimum Gasteiger partial charge on any atom is -0.352 e. The molecule has 0 atom stereocenters. The van der Waals surface area contributed by atoms with Crippen LogP contribution in [0.15, 0.2) is 78.3 Å². The minimum atomic E-state index is -0.170. The van der Waals surface area contributed by atoms with E-state index in [0.717, 1.165) is 13.0 Å². The number of aromatic nitrogens is 1. The lowest BCUT2D eigenvalue weighted by Gasteiger charge is -2.09. The van der Waals surface area contributed by atoms with Gasteiger partial charge in [-0.05, 0) is 53.6 Å². The monoisotopic (exact) mass is 403 g/mol. The number of carbonyl (C=O) groups is 2. The van der Waals surface area contributed by atoms with E-state index in [9.17, 15) is 9.59 Å². The molecular weight excluding hydrogens is 382 g/mol. The first-order valence-electron chi connectivity index (χ1n) is 9.48. The van der Waals surface area contributed by atoms with Gasteiger partial charge in [-0.25, -0.2) is 0 Å². The van der Waals surface area contributed by atoms with Crippen LogP contribution in [0.5, 0.6) is 0 Å². The first-order valence-corrected chi connectivity index (χ1v) is 10.4. The number of rotatable bonds is 7. The van der Waals surface area contributed by atoms with Crippen molar-refractivity contribution in [1.29, 1.82) is 0 Å². The second-order valence-electron chi connectivity index (χ2n) is 6.69. The molecule has 146 valence electrons. The Hall–Kier alpha value is -3.38. The van der Waals surface area contributed by atoms with Gasteiger partial charge in [0.15, 0.2) is 0 Å². The van der Waals surface area contributed by atoms with E-state index in [1.54, 1.807) is 30.3 Å². The summed E-state index contributed by atoms with van der Waals surface area (Å²) in [6, 6.07) is 20.9. The molecule has 29 heavy (non-hydrogen) atoms. The first-order chi connectivity index (χ1) is 14.2. The third kappa shape index (κ3) is 4.55. The van der Waals surface area contributed by atoms with Crippen LogP contribution in [0.3, 0.4) is 0 Å². The largest absolute Gasteiger partial charge is 0.352 e. The Kier molecular flexibility index (Phi) is 5.72. The zero-order chi connectivity index (χ0) is 20.1. The van der Waals surface area contributed by atoms with E-state index in [0.29, 0.717) is 22.7 Å². The molecule has 4 aromatic rings. The Labute approximate surface area is 173 Å². The van der Waals surface area contributed by atoms with Crippen LogP contribution < -0.4 is 10.6 Å². The predicted molar refractivity (Wildman–Crippen MR) is 118 cm³/mol. The van der Waals surface area contributed by atoms with E-state index >= 15 is 0 Å². The van der Waals surface area contributed by atoms with Gasteiger partial charge in [-0.15, -0.1) is 11.3 Å². The van der Waals surface area contributed by atoms with Gasteiger partial charge >= 0.3 is 0 Å². The second kappa shape index (κ2) is 8.75. The minimum absolute atomic E-state index is 0.144. The van der Waals surface area contributed by atoms with Crippen LogP contribution in [0, 0.1) is 0 Å². The molecule has 0 aliphatic rings. The Morgan fingerprint density at radius 3 is 2.69 bits per heavy atom. The molecule has 4 rings (SSSR count). The number of hydrogen-bond acceptors (Lipinski definition) is 3. The summed E-state index contributed by atoms with van der Waals surface area (Å²) < 4.78 is 2.20. The summed E-state index contributed by atoms with van der Waals surface area (Å²) in [5, 5.41) is 8.86. The van der Waals surface area contributed by atoms with Crippen LogP contribution in [0.2, 0.25) is 0 Å². The summed E-state index contributed by atoms with van der Waals surface area (Å²) in [4.78, 5) is 25.3. The fourth-order valence-electron chi connectivity index (χ4n) is 3.23. The molecular formula is C23H21N3O2S. The van der Waals surface area contributed by atoms with E-state index < -0.39 is 0 Å². The van der Waals surface area contributed by atoms with Crippen LogP contribution in [0.1, 0.15) is 26.5 Å². The fourth-order valence-corrected chi connectivity index (χ4v) is 3.85. The molecule has 0 fully saturated rings. The van der Waals surface area contributed by atoms with Gasteiger partial charge in [0.05, 0.1) is 4.88 Å². The summed E-state index contributed by atoms with van der Waals surface area (Å²) in [6.07, 6.45) is 2.91. The van der Waals surface area contributed by atoms with Crippen molar-refractivity contribution in [2.45, 2.75) is 13.0 Å². The summed E-state index contributed by atoms with van der Waals surface area (Å²) in [6.45, 7) is 1.42. The molecule has 0 saturated heterocycles. The summed E-state index contributed by atoms with van der Waals surface area (Å²) in [7, 11) is 0. The number of nitrogens with one attached hydrogen (secondary N) is 2. The van der Waals surface area contributed by atoms with Gasteiger partial charge in [0.1, 0.15) is 0 Å². The highest BCUT2D eigenvalue weighted by Gasteiger charge is 2.10. The number of aryl methyl sites for hydroxylation is 1. The molecule has 0 aliphatic carbocycles. The van der Waals surface area contributed by atoms with Crippen LogP contribution in [0.25, 0.3) is 10.9 Å². The third-order valence-corrected chi connectivity index (χ3v) is 5.54. The number of fused-ring (bicyclic) bond motifs is 1. The summed E-state index contributed by atoms with van der Waals surface area (Å²) >= 11 is 1.38. The van der Waals surface area contributed by atoms with Crippen molar-refractivity contribution in [3.63, 3.8) is 0 Å². The highest BCUT2D eigenvalue weighted by atomic mass is 32.1. The van der Waals surface area contributed by atoms with E-state index in [-0.39, 0.29) is 11.8 Å². The molecule has 6 heteroatoms. The molecule has 0 bridgehead atoms. The van der Waals surface area contributed by atoms with Gasteiger partial charge in [-0.1, -0.05) is 30.3 Å². The second-order valence-corrected chi connectivity index (χ2v) is 7.64. The topological polar surface area (TPSA) is 63.1 Å². The van der Waals surface area contributed by atoms with Crippen molar-refractivity contribution in [3.05, 3.63) is 88.7 Å². The van der Waals surface area contributed by atoms with E-state index in [4.69, 9.17) is 0 Å². The van der Waals surface area contributed by atoms with Crippen molar-refractivity contribution >= 4 is 39.7 Å². The van der Waals surface area contributed by atoms with Gasteiger partial charge in [-0.3, -0.25) is 9.59 Å². The smallest absolute Gasteiger partial charge is 0.265 e. The predicted octanol–water partition coefficient (Wildman–Crippen LogP) is 4.78. The van der Waals surface area contributed by atoms with Gasteiger partial charge in [-0.2, -0.15) is 0 Å². The standard InChI is InChI=1S/C23H21N3O2S/c27-22(24-12-5-13-26-14-11-17-6-1-2-9-20(17)26)18-7-3-8-19(16-18)25-23(28)21-10-4-15-29-21/h1-4,6-11,14-16H,5,12-13H2,(H,24,27)(H,25,28). The number of carbonyl (C=O) groups excluding carboxylic acids is 2. The average molecular weight is 404 g/mol. The Bertz CT molecular complexity index is 1130. The molecule has 2 aromatic heterocycles. The van der Waals surface area contributed by atoms with E-state index in [1.807, 2.05) is 23.6 Å². The number of thiophene rings is 1. The molecule has 0 radical (unpaired) electrons. The highest BCUT2D eigenvalue weighted by Crippen LogP contribution is 2.16. The first kappa shape index (κ1) is 19.0. The van der Waals surface area contributed by atoms with Gasteiger partial charge in [0, 0.05) is 36.1 Å². The summed E-state index contributed by atoms with van der Waals surface area (Å²) in [5.41, 5.74) is 2.34. The molecule has 0 spiro atoms. The number of amides is 2. The highest BCUT2D eigenvalue weighted by molar-refractivity contribution is 7.12. The zero-order valence-corrected chi connectivity index (χ0v) is 16.6. The number of anilines is 1. The quantitative estimate of drug-likeness (QED) is 0.437. The lowest BCUT2D eigenvalue weighted by molar-refractivity contribution is 0.0951. The fraction of sp³-hybridized carbons (Fsp3) is 0.130. The lowest BCUT2D eigenvalue weighted by Crippen LogP contribution is -2.25. The van der Waals surface area contributed by atoms with Crippen molar-refractivity contribution < 1.29 is 9.59 Å². The maximum absolute atomic E-state index is 12.5. The van der Waals surface area contributed by atoms with Gasteiger partial charge in [0.2, 0.25) is 0 Å². The van der Waals surface area contributed by atoms with Crippen LogP contribution in [-0.4, -0.2) is 22.9 Å². The van der Waals surface area contributed by atoms with Crippen molar-refractivity contribution in [1.82, 2.24) is 9.88 Å². The maximum atomic E-state index is 12.5. The molecule has 2 aromatic carbocycles. The van der Waals surface area contributed by atoms with Crippen LogP contribution in [-0.2, 0) is 6.54 Å². The molecule has 0 saturated carbocycles.